The molecule has 0 radical (unpaired) electrons. The molecule has 0 unspecified atom stereocenters. The number of aromatic nitrogens is 2. The van der Waals surface area contributed by atoms with Gasteiger partial charge in [-0.05, 0) is 43.5 Å². The highest BCUT2D eigenvalue weighted by Gasteiger charge is 2.20. The summed E-state index contributed by atoms with van der Waals surface area (Å²) in [6.07, 6.45) is 3.37. The molecule has 2 aromatic heterocycles. The normalized spacial score (nSPS) is 10.7. The van der Waals surface area contributed by atoms with Gasteiger partial charge in [0.2, 0.25) is 0 Å². The molecule has 0 aliphatic carbocycles. The van der Waals surface area contributed by atoms with Crippen LogP contribution in [0.15, 0.2) is 46.0 Å². The van der Waals surface area contributed by atoms with Crippen LogP contribution in [0.1, 0.15) is 26.4 Å². The Balaban J connectivity index is 1.80. The number of rotatable bonds is 8. The van der Waals surface area contributed by atoms with Crippen LogP contribution in [0, 0.1) is 6.92 Å². The average Bonchev–Trinajstić information content (AvgIpc) is 3.28. The molecule has 31 heavy (non-hydrogen) atoms. The molecule has 8 nitrogen and oxygen atoms in total. The van der Waals surface area contributed by atoms with Crippen LogP contribution in [0.2, 0.25) is 5.02 Å². The van der Waals surface area contributed by atoms with Crippen LogP contribution in [0.4, 0.5) is 5.69 Å². The molecule has 0 bridgehead atoms. The summed E-state index contributed by atoms with van der Waals surface area (Å²) < 4.78 is 10.3. The molecule has 0 fully saturated rings. The van der Waals surface area contributed by atoms with E-state index in [4.69, 9.17) is 20.8 Å². The number of nitrogens with one attached hydrogen (secondary N) is 2. The van der Waals surface area contributed by atoms with E-state index in [1.165, 1.54) is 17.8 Å². The van der Waals surface area contributed by atoms with Crippen LogP contribution in [0.25, 0.3) is 11.6 Å². The lowest BCUT2D eigenvalue weighted by Gasteiger charge is -2.13. The fourth-order valence-electron chi connectivity index (χ4n) is 2.80. The largest absolute Gasteiger partial charge is 0.461 e. The smallest absolute Gasteiger partial charge is 0.260 e. The minimum Gasteiger partial charge on any atom is -0.461 e. The Kier molecular flexibility index (Phi) is 7.67. The summed E-state index contributed by atoms with van der Waals surface area (Å²) in [4.78, 5) is 34.0. The number of benzene rings is 1. The summed E-state index contributed by atoms with van der Waals surface area (Å²) in [5.74, 6) is 0.246. The van der Waals surface area contributed by atoms with Crippen molar-refractivity contribution < 1.29 is 18.7 Å². The molecular formula is C21H21ClN4O4S. The second-order valence-corrected chi connectivity index (χ2v) is 7.59. The number of halogens is 1. The molecule has 3 rings (SSSR count). The zero-order chi connectivity index (χ0) is 22.4. The molecule has 0 aliphatic heterocycles. The zero-order valence-electron chi connectivity index (χ0n) is 17.2. The van der Waals surface area contributed by atoms with Gasteiger partial charge in [-0.25, -0.2) is 9.97 Å². The Morgan fingerprint density at radius 2 is 2.03 bits per heavy atom. The molecule has 1 aromatic carbocycles. The van der Waals surface area contributed by atoms with Crippen molar-refractivity contribution in [3.8, 4) is 11.6 Å². The van der Waals surface area contributed by atoms with Crippen molar-refractivity contribution in [3.05, 3.63) is 58.4 Å². The van der Waals surface area contributed by atoms with Gasteiger partial charge in [0.15, 0.2) is 11.6 Å². The van der Waals surface area contributed by atoms with Crippen LogP contribution >= 0.6 is 23.4 Å². The Labute approximate surface area is 188 Å². The molecule has 2 heterocycles. The minimum absolute atomic E-state index is 0.221. The lowest BCUT2D eigenvalue weighted by molar-refractivity contribution is 0.0936. The van der Waals surface area contributed by atoms with E-state index in [0.29, 0.717) is 52.3 Å². The van der Waals surface area contributed by atoms with Gasteiger partial charge in [-0.1, -0.05) is 11.6 Å². The third kappa shape index (κ3) is 5.43. The van der Waals surface area contributed by atoms with Gasteiger partial charge in [0.05, 0.1) is 34.7 Å². The first-order chi connectivity index (χ1) is 14.9. The maximum Gasteiger partial charge on any atom is 0.260 e. The van der Waals surface area contributed by atoms with E-state index < -0.39 is 0 Å². The summed E-state index contributed by atoms with van der Waals surface area (Å²) in [5, 5.41) is 6.24. The summed E-state index contributed by atoms with van der Waals surface area (Å²) >= 11 is 7.59. The topological polar surface area (TPSA) is 106 Å². The van der Waals surface area contributed by atoms with Crippen molar-refractivity contribution in [2.24, 2.45) is 0 Å². The van der Waals surface area contributed by atoms with E-state index in [-0.39, 0.29) is 16.8 Å². The third-order valence-corrected chi connectivity index (χ3v) is 5.28. The number of amides is 2. The second kappa shape index (κ2) is 10.4. The molecule has 10 heteroatoms. The first-order valence-corrected chi connectivity index (χ1v) is 10.9. The minimum atomic E-state index is -0.374. The number of hydrogen-bond acceptors (Lipinski definition) is 7. The number of aryl methyl sites for hydroxylation is 1. The molecule has 2 N–H and O–H groups in total. The maximum absolute atomic E-state index is 13.0. The molecule has 3 aromatic rings. The van der Waals surface area contributed by atoms with Gasteiger partial charge in [0.1, 0.15) is 5.03 Å². The van der Waals surface area contributed by atoms with Crippen LogP contribution in [-0.4, -0.2) is 48.3 Å². The summed E-state index contributed by atoms with van der Waals surface area (Å²) in [5.41, 5.74) is 1.64. The lowest BCUT2D eigenvalue weighted by atomic mass is 10.1. The number of furan rings is 1. The van der Waals surface area contributed by atoms with Crippen molar-refractivity contribution in [3.63, 3.8) is 0 Å². The molecule has 0 aliphatic rings. The van der Waals surface area contributed by atoms with Gasteiger partial charge in [-0.15, -0.1) is 11.8 Å². The van der Waals surface area contributed by atoms with Crippen molar-refractivity contribution in [1.82, 2.24) is 15.3 Å². The zero-order valence-corrected chi connectivity index (χ0v) is 18.8. The highest BCUT2D eigenvalue weighted by Crippen LogP contribution is 2.27. The predicted octanol–water partition coefficient (Wildman–Crippen LogP) is 4.05. The molecule has 162 valence electrons. The Hall–Kier alpha value is -2.88. The quantitative estimate of drug-likeness (QED) is 0.296. The first-order valence-electron chi connectivity index (χ1n) is 9.29. The highest BCUT2D eigenvalue weighted by molar-refractivity contribution is 7.98. The monoisotopic (exact) mass is 460 g/mol. The lowest BCUT2D eigenvalue weighted by Crippen LogP contribution is -2.27. The molecule has 2 amide bonds. The van der Waals surface area contributed by atoms with Crippen molar-refractivity contribution in [2.45, 2.75) is 11.9 Å². The van der Waals surface area contributed by atoms with E-state index in [1.807, 2.05) is 6.26 Å². The molecule has 0 saturated carbocycles. The number of carbonyl (C=O) groups excluding carboxylic acids is 2. The third-order valence-electron chi connectivity index (χ3n) is 4.28. The molecule has 0 saturated heterocycles. The molecule has 0 atom stereocenters. The highest BCUT2D eigenvalue weighted by atomic mass is 35.5. The van der Waals surface area contributed by atoms with E-state index >= 15 is 0 Å². The van der Waals surface area contributed by atoms with E-state index in [2.05, 4.69) is 20.6 Å². The Morgan fingerprint density at radius 3 is 2.68 bits per heavy atom. The van der Waals surface area contributed by atoms with Crippen molar-refractivity contribution in [2.75, 3.05) is 31.8 Å². The summed E-state index contributed by atoms with van der Waals surface area (Å²) in [6, 6.07) is 8.20. The molecular weight excluding hydrogens is 440 g/mol. The number of ether oxygens (including phenoxy) is 1. The summed E-state index contributed by atoms with van der Waals surface area (Å²) in [6.45, 7) is 2.51. The predicted molar refractivity (Wildman–Crippen MR) is 120 cm³/mol. The SMILES string of the molecule is COCCNC(=O)c1ccc(NC(=O)c2c(C)nc(-c3ccco3)nc2SC)cc1Cl. The standard InChI is InChI=1S/C21H21ClN4O4S/c1-12-17(21(31-3)26-18(24-12)16-5-4-9-30-16)20(28)25-13-6-7-14(15(22)11-13)19(27)23-8-10-29-2/h4-7,9,11H,8,10H2,1-3H3,(H,23,27)(H,25,28). The number of hydrogen-bond donors (Lipinski definition) is 2. The number of carbonyl (C=O) groups is 2. The number of nitrogens with zero attached hydrogens (tertiary/aromatic N) is 2. The van der Waals surface area contributed by atoms with E-state index in [9.17, 15) is 9.59 Å². The van der Waals surface area contributed by atoms with E-state index in [1.54, 1.807) is 44.6 Å². The van der Waals surface area contributed by atoms with Crippen molar-refractivity contribution >= 4 is 40.9 Å². The van der Waals surface area contributed by atoms with Gasteiger partial charge in [0, 0.05) is 19.3 Å². The van der Waals surface area contributed by atoms with E-state index in [0.717, 1.165) is 0 Å². The Bertz CT molecular complexity index is 1090. The number of thioether (sulfide) groups is 1. The van der Waals surface area contributed by atoms with Crippen molar-refractivity contribution in [1.29, 1.82) is 0 Å². The summed E-state index contributed by atoms with van der Waals surface area (Å²) in [7, 11) is 1.55. The van der Waals surface area contributed by atoms with Crippen LogP contribution in [0.3, 0.4) is 0 Å². The van der Waals surface area contributed by atoms with Gasteiger partial charge in [-0.3, -0.25) is 9.59 Å². The fraction of sp³-hybridized carbons (Fsp3) is 0.238. The Morgan fingerprint density at radius 1 is 1.23 bits per heavy atom. The fourth-order valence-corrected chi connectivity index (χ4v) is 3.69. The van der Waals surface area contributed by atoms with Gasteiger partial charge in [0.25, 0.3) is 11.8 Å². The first kappa shape index (κ1) is 22.8. The van der Waals surface area contributed by atoms with Crippen LogP contribution < -0.4 is 10.6 Å². The number of anilines is 1. The van der Waals surface area contributed by atoms with Gasteiger partial charge in [-0.2, -0.15) is 0 Å². The van der Waals surface area contributed by atoms with Gasteiger partial charge < -0.3 is 19.8 Å². The average molecular weight is 461 g/mol. The maximum atomic E-state index is 13.0. The second-order valence-electron chi connectivity index (χ2n) is 6.39. The van der Waals surface area contributed by atoms with Crippen LogP contribution in [-0.2, 0) is 4.74 Å². The van der Waals surface area contributed by atoms with Crippen LogP contribution in [0.5, 0.6) is 0 Å². The molecule has 0 spiro atoms. The van der Waals surface area contributed by atoms with Gasteiger partial charge >= 0.3 is 0 Å². The number of methoxy groups -OCH3 is 1.